The number of anilines is 1. The topological polar surface area (TPSA) is 46.3 Å². The summed E-state index contributed by atoms with van der Waals surface area (Å²) in [6.07, 6.45) is 1.46. The molecule has 1 aromatic rings. The van der Waals surface area contributed by atoms with Crippen molar-refractivity contribution in [3.05, 3.63) is 29.3 Å². The van der Waals surface area contributed by atoms with Crippen molar-refractivity contribution in [1.82, 2.24) is 0 Å². The van der Waals surface area contributed by atoms with Crippen molar-refractivity contribution in [2.45, 2.75) is 32.6 Å². The molecule has 0 bridgehead atoms. The number of nitrogens with zero attached hydrogens (tertiary/aromatic N) is 1. The Kier molecular flexibility index (Phi) is 3.71. The van der Waals surface area contributed by atoms with Gasteiger partial charge in [-0.15, -0.1) is 0 Å². The number of amides is 1. The van der Waals surface area contributed by atoms with Gasteiger partial charge in [-0.2, -0.15) is 0 Å². The average Bonchev–Trinajstić information content (AvgIpc) is 2.34. The van der Waals surface area contributed by atoms with Gasteiger partial charge < -0.3 is 10.6 Å². The van der Waals surface area contributed by atoms with Crippen molar-refractivity contribution < 1.29 is 4.79 Å². The van der Waals surface area contributed by atoms with Crippen molar-refractivity contribution in [3.8, 4) is 0 Å². The first kappa shape index (κ1) is 13.1. The third kappa shape index (κ3) is 2.27. The Labute approximate surface area is 109 Å². The van der Waals surface area contributed by atoms with Crippen molar-refractivity contribution in [1.29, 1.82) is 0 Å². The molecular formula is C15H22N2O. The number of hydrogen-bond donors (Lipinski definition) is 1. The molecule has 1 amide bonds. The van der Waals surface area contributed by atoms with Crippen molar-refractivity contribution >= 4 is 11.6 Å². The van der Waals surface area contributed by atoms with Crippen molar-refractivity contribution in [2.24, 2.45) is 11.7 Å². The minimum absolute atomic E-state index is 0.203. The summed E-state index contributed by atoms with van der Waals surface area (Å²) in [4.78, 5) is 13.4. The van der Waals surface area contributed by atoms with Gasteiger partial charge in [0.1, 0.15) is 0 Å². The first-order valence-corrected chi connectivity index (χ1v) is 6.64. The highest BCUT2D eigenvalue weighted by Crippen LogP contribution is 2.31. The van der Waals surface area contributed by atoms with Crippen molar-refractivity contribution in [3.63, 3.8) is 0 Å². The number of carbonyl (C=O) groups is 1. The third-order valence-corrected chi connectivity index (χ3v) is 3.93. The van der Waals surface area contributed by atoms with E-state index in [0.717, 1.165) is 12.1 Å². The maximum atomic E-state index is 11.6. The van der Waals surface area contributed by atoms with Gasteiger partial charge in [0.15, 0.2) is 0 Å². The van der Waals surface area contributed by atoms with Crippen LogP contribution in [0.25, 0.3) is 0 Å². The molecule has 18 heavy (non-hydrogen) atoms. The van der Waals surface area contributed by atoms with Crippen LogP contribution >= 0.6 is 0 Å². The van der Waals surface area contributed by atoms with E-state index in [9.17, 15) is 4.79 Å². The van der Waals surface area contributed by atoms with E-state index >= 15 is 0 Å². The molecule has 1 heterocycles. The first-order chi connectivity index (χ1) is 8.54. The number of rotatable bonds is 3. The summed E-state index contributed by atoms with van der Waals surface area (Å²) in [5.74, 6) is 1.14. The molecule has 1 aliphatic rings. The van der Waals surface area contributed by atoms with Gasteiger partial charge in [-0.1, -0.05) is 26.0 Å². The SMILES string of the molecule is CC(C)C(CN)c1ccc2c(c1)CCC(=O)N2C. The van der Waals surface area contributed by atoms with Crippen LogP contribution in [0.4, 0.5) is 5.69 Å². The van der Waals surface area contributed by atoms with E-state index in [1.54, 1.807) is 4.90 Å². The number of benzene rings is 1. The molecule has 0 fully saturated rings. The van der Waals surface area contributed by atoms with E-state index in [1.807, 2.05) is 7.05 Å². The molecule has 0 radical (unpaired) electrons. The third-order valence-electron chi connectivity index (χ3n) is 3.93. The maximum absolute atomic E-state index is 11.6. The van der Waals surface area contributed by atoms with Gasteiger partial charge in [0.25, 0.3) is 0 Å². The normalized spacial score (nSPS) is 16.9. The molecule has 0 saturated carbocycles. The molecule has 2 rings (SSSR count). The number of nitrogens with two attached hydrogens (primary N) is 1. The van der Waals surface area contributed by atoms with Crippen LogP contribution in [0.2, 0.25) is 0 Å². The molecule has 3 nitrogen and oxygen atoms in total. The molecule has 2 N–H and O–H groups in total. The van der Waals surface area contributed by atoms with Gasteiger partial charge in [-0.05, 0) is 42.0 Å². The van der Waals surface area contributed by atoms with Crippen LogP contribution in [0.1, 0.15) is 37.3 Å². The second-order valence-electron chi connectivity index (χ2n) is 5.43. The smallest absolute Gasteiger partial charge is 0.227 e. The van der Waals surface area contributed by atoms with Crippen LogP contribution in [0.5, 0.6) is 0 Å². The maximum Gasteiger partial charge on any atom is 0.227 e. The van der Waals surface area contributed by atoms with E-state index in [2.05, 4.69) is 32.0 Å². The van der Waals surface area contributed by atoms with Gasteiger partial charge in [0.05, 0.1) is 0 Å². The lowest BCUT2D eigenvalue weighted by Crippen LogP contribution is -2.31. The van der Waals surface area contributed by atoms with Crippen LogP contribution in [0, 0.1) is 5.92 Å². The number of aryl methyl sites for hydroxylation is 1. The number of hydrogen-bond acceptors (Lipinski definition) is 2. The molecular weight excluding hydrogens is 224 g/mol. The summed E-state index contributed by atoms with van der Waals surface area (Å²) in [5, 5.41) is 0. The quantitative estimate of drug-likeness (QED) is 0.889. The van der Waals surface area contributed by atoms with Gasteiger partial charge >= 0.3 is 0 Å². The molecule has 3 heteroatoms. The Morgan fingerprint density at radius 2 is 2.06 bits per heavy atom. The van der Waals surface area contributed by atoms with E-state index in [-0.39, 0.29) is 5.91 Å². The Hall–Kier alpha value is -1.35. The standard InChI is InChI=1S/C15H22N2O/c1-10(2)13(9-16)11-4-6-14-12(8-11)5-7-15(18)17(14)3/h4,6,8,10,13H,5,7,9,16H2,1-3H3. The molecule has 1 unspecified atom stereocenters. The summed E-state index contributed by atoms with van der Waals surface area (Å²) in [7, 11) is 1.85. The Balaban J connectivity index is 2.36. The van der Waals surface area contributed by atoms with Gasteiger partial charge in [-0.3, -0.25) is 4.79 Å². The van der Waals surface area contributed by atoms with Crippen molar-refractivity contribution in [2.75, 3.05) is 18.5 Å². The van der Waals surface area contributed by atoms with Gasteiger partial charge in [-0.25, -0.2) is 0 Å². The van der Waals surface area contributed by atoms with Crippen LogP contribution in [0.3, 0.4) is 0 Å². The predicted molar refractivity (Wildman–Crippen MR) is 74.8 cm³/mol. The second-order valence-corrected chi connectivity index (χ2v) is 5.43. The zero-order valence-electron chi connectivity index (χ0n) is 11.4. The van der Waals surface area contributed by atoms with E-state index in [0.29, 0.717) is 24.8 Å². The van der Waals surface area contributed by atoms with E-state index in [1.165, 1.54) is 11.1 Å². The predicted octanol–water partition coefficient (Wildman–Crippen LogP) is 2.29. The molecule has 0 aliphatic carbocycles. The monoisotopic (exact) mass is 246 g/mol. The lowest BCUT2D eigenvalue weighted by atomic mass is 9.86. The fourth-order valence-electron chi connectivity index (χ4n) is 2.70. The zero-order valence-corrected chi connectivity index (χ0v) is 11.4. The first-order valence-electron chi connectivity index (χ1n) is 6.64. The summed E-state index contributed by atoms with van der Waals surface area (Å²) >= 11 is 0. The molecule has 98 valence electrons. The highest BCUT2D eigenvalue weighted by molar-refractivity contribution is 5.95. The summed E-state index contributed by atoms with van der Waals surface area (Å²) < 4.78 is 0. The summed E-state index contributed by atoms with van der Waals surface area (Å²) in [6.45, 7) is 5.07. The average molecular weight is 246 g/mol. The van der Waals surface area contributed by atoms with E-state index in [4.69, 9.17) is 5.73 Å². The summed E-state index contributed by atoms with van der Waals surface area (Å²) in [5.41, 5.74) is 9.49. The molecule has 1 aliphatic heterocycles. The highest BCUT2D eigenvalue weighted by atomic mass is 16.2. The van der Waals surface area contributed by atoms with Crippen LogP contribution in [-0.4, -0.2) is 19.5 Å². The fraction of sp³-hybridized carbons (Fsp3) is 0.533. The Morgan fingerprint density at radius 3 is 2.67 bits per heavy atom. The minimum Gasteiger partial charge on any atom is -0.330 e. The second kappa shape index (κ2) is 5.11. The van der Waals surface area contributed by atoms with Crippen LogP contribution in [-0.2, 0) is 11.2 Å². The molecule has 1 aromatic carbocycles. The Bertz CT molecular complexity index is 454. The molecule has 1 atom stereocenters. The van der Waals surface area contributed by atoms with Crippen LogP contribution < -0.4 is 10.6 Å². The van der Waals surface area contributed by atoms with Gasteiger partial charge in [0.2, 0.25) is 5.91 Å². The van der Waals surface area contributed by atoms with Crippen LogP contribution in [0.15, 0.2) is 18.2 Å². The lowest BCUT2D eigenvalue weighted by Gasteiger charge is -2.28. The molecule has 0 saturated heterocycles. The lowest BCUT2D eigenvalue weighted by molar-refractivity contribution is -0.118. The van der Waals surface area contributed by atoms with E-state index < -0.39 is 0 Å². The number of fused-ring (bicyclic) bond motifs is 1. The molecule has 0 aromatic heterocycles. The number of carbonyl (C=O) groups excluding carboxylic acids is 1. The fourth-order valence-corrected chi connectivity index (χ4v) is 2.70. The largest absolute Gasteiger partial charge is 0.330 e. The Morgan fingerprint density at radius 1 is 1.33 bits per heavy atom. The summed E-state index contributed by atoms with van der Waals surface area (Å²) in [6, 6.07) is 6.41. The minimum atomic E-state index is 0.203. The van der Waals surface area contributed by atoms with Gasteiger partial charge in [0, 0.05) is 19.2 Å². The highest BCUT2D eigenvalue weighted by Gasteiger charge is 2.22. The molecule has 0 spiro atoms. The zero-order chi connectivity index (χ0) is 13.3.